The van der Waals surface area contributed by atoms with Gasteiger partial charge < -0.3 is 15.4 Å². The van der Waals surface area contributed by atoms with Crippen molar-refractivity contribution in [3.8, 4) is 0 Å². The molecule has 1 atom stereocenters. The Bertz CT molecular complexity index is 384. The van der Waals surface area contributed by atoms with Gasteiger partial charge in [-0.2, -0.15) is 0 Å². The summed E-state index contributed by atoms with van der Waals surface area (Å²) in [5, 5.41) is 0.574. The van der Waals surface area contributed by atoms with Crippen LogP contribution in [0.1, 0.15) is 19.8 Å². The lowest BCUT2D eigenvalue weighted by atomic mass is 10.1. The van der Waals surface area contributed by atoms with E-state index in [1.807, 2.05) is 6.92 Å². The van der Waals surface area contributed by atoms with Gasteiger partial charge in [-0.3, -0.25) is 0 Å². The van der Waals surface area contributed by atoms with Crippen molar-refractivity contribution in [2.75, 3.05) is 30.3 Å². The summed E-state index contributed by atoms with van der Waals surface area (Å²) in [4.78, 5) is 6.49. The Balaban J connectivity index is 2.10. The molecule has 1 aliphatic rings. The predicted molar refractivity (Wildman–Crippen MR) is 70.5 cm³/mol. The molecular weight excluding hydrogens is 238 g/mol. The van der Waals surface area contributed by atoms with Gasteiger partial charge in [0.05, 0.1) is 16.8 Å². The Labute approximate surface area is 107 Å². The molecule has 1 saturated heterocycles. The summed E-state index contributed by atoms with van der Waals surface area (Å²) < 4.78 is 5.66. The summed E-state index contributed by atoms with van der Waals surface area (Å²) in [6, 6.07) is 1.74. The molecule has 0 spiro atoms. The lowest BCUT2D eigenvalue weighted by molar-refractivity contribution is 0.0525. The molecule has 4 nitrogen and oxygen atoms in total. The van der Waals surface area contributed by atoms with E-state index in [-0.39, 0.29) is 6.10 Å². The second-order valence-corrected chi connectivity index (χ2v) is 4.67. The van der Waals surface area contributed by atoms with E-state index in [0.29, 0.717) is 10.7 Å². The SMILES string of the molecule is CCOC1CCCN(c2ncc(Cl)cc2N)C1. The summed E-state index contributed by atoms with van der Waals surface area (Å²) in [5.41, 5.74) is 6.58. The van der Waals surface area contributed by atoms with E-state index >= 15 is 0 Å². The highest BCUT2D eigenvalue weighted by Crippen LogP contribution is 2.26. The minimum Gasteiger partial charge on any atom is -0.396 e. The quantitative estimate of drug-likeness (QED) is 0.901. The van der Waals surface area contributed by atoms with Crippen molar-refractivity contribution in [1.29, 1.82) is 0 Å². The topological polar surface area (TPSA) is 51.4 Å². The zero-order chi connectivity index (χ0) is 12.3. The van der Waals surface area contributed by atoms with Gasteiger partial charge in [-0.15, -0.1) is 0 Å². The number of pyridine rings is 1. The Hall–Kier alpha value is -1.00. The maximum atomic E-state index is 5.94. The Morgan fingerprint density at radius 1 is 1.65 bits per heavy atom. The van der Waals surface area contributed by atoms with Crippen molar-refractivity contribution >= 4 is 23.1 Å². The maximum Gasteiger partial charge on any atom is 0.151 e. The average molecular weight is 256 g/mol. The molecule has 0 bridgehead atoms. The predicted octanol–water partition coefficient (Wildman–Crippen LogP) is 2.32. The fourth-order valence-electron chi connectivity index (χ4n) is 2.21. The fraction of sp³-hybridized carbons (Fsp3) is 0.583. The van der Waals surface area contributed by atoms with Gasteiger partial charge in [-0.1, -0.05) is 11.6 Å². The first-order chi connectivity index (χ1) is 8.20. The zero-order valence-electron chi connectivity index (χ0n) is 10.0. The van der Waals surface area contributed by atoms with Gasteiger partial charge in [0.25, 0.3) is 0 Å². The van der Waals surface area contributed by atoms with E-state index in [0.717, 1.165) is 38.4 Å². The van der Waals surface area contributed by atoms with Crippen LogP contribution in [0.15, 0.2) is 12.3 Å². The Morgan fingerprint density at radius 3 is 3.18 bits per heavy atom. The van der Waals surface area contributed by atoms with E-state index < -0.39 is 0 Å². The summed E-state index contributed by atoms with van der Waals surface area (Å²) in [5.74, 6) is 0.818. The molecule has 2 rings (SSSR count). The molecule has 0 amide bonds. The summed E-state index contributed by atoms with van der Waals surface area (Å²) in [7, 11) is 0. The number of nitrogens with two attached hydrogens (primary N) is 1. The van der Waals surface area contributed by atoms with Crippen LogP contribution in [-0.4, -0.2) is 30.8 Å². The first-order valence-electron chi connectivity index (χ1n) is 5.98. The van der Waals surface area contributed by atoms with Crippen LogP contribution in [0.4, 0.5) is 11.5 Å². The smallest absolute Gasteiger partial charge is 0.151 e. The van der Waals surface area contributed by atoms with E-state index in [9.17, 15) is 0 Å². The molecular formula is C12H18ClN3O. The van der Waals surface area contributed by atoms with Crippen molar-refractivity contribution in [1.82, 2.24) is 4.98 Å². The molecule has 0 saturated carbocycles. The first kappa shape index (κ1) is 12.5. The largest absolute Gasteiger partial charge is 0.396 e. The molecule has 0 aliphatic carbocycles. The number of piperidine rings is 1. The standard InChI is InChI=1S/C12H18ClN3O/c1-2-17-10-4-3-5-16(8-10)12-11(14)6-9(13)7-15-12/h6-7,10H,2-5,8,14H2,1H3. The van der Waals surface area contributed by atoms with Crippen molar-refractivity contribution in [3.05, 3.63) is 17.3 Å². The molecule has 1 aliphatic heterocycles. The summed E-state index contributed by atoms with van der Waals surface area (Å²) in [6.45, 7) is 4.60. The third-order valence-corrected chi connectivity index (χ3v) is 3.15. The Morgan fingerprint density at radius 2 is 2.47 bits per heavy atom. The third kappa shape index (κ3) is 3.01. The van der Waals surface area contributed by atoms with Crippen LogP contribution in [0, 0.1) is 0 Å². The average Bonchev–Trinajstić information content (AvgIpc) is 2.29. The molecule has 1 aromatic rings. The maximum absolute atomic E-state index is 5.94. The number of ether oxygens (including phenoxy) is 1. The molecule has 0 aromatic carbocycles. The molecule has 0 radical (unpaired) electrons. The fourth-order valence-corrected chi connectivity index (χ4v) is 2.38. The number of hydrogen-bond donors (Lipinski definition) is 1. The molecule has 2 heterocycles. The second-order valence-electron chi connectivity index (χ2n) is 4.23. The van der Waals surface area contributed by atoms with Crippen molar-refractivity contribution in [2.24, 2.45) is 0 Å². The van der Waals surface area contributed by atoms with Crippen molar-refractivity contribution in [2.45, 2.75) is 25.9 Å². The van der Waals surface area contributed by atoms with Crippen LogP contribution in [0.3, 0.4) is 0 Å². The number of nitrogen functional groups attached to an aromatic ring is 1. The highest BCUT2D eigenvalue weighted by atomic mass is 35.5. The summed E-state index contributed by atoms with van der Waals surface area (Å²) in [6.07, 6.45) is 4.13. The zero-order valence-corrected chi connectivity index (χ0v) is 10.8. The number of rotatable bonds is 3. The molecule has 1 unspecified atom stereocenters. The van der Waals surface area contributed by atoms with Gasteiger partial charge in [-0.05, 0) is 25.8 Å². The number of hydrogen-bond acceptors (Lipinski definition) is 4. The van der Waals surface area contributed by atoms with Crippen LogP contribution >= 0.6 is 11.6 Å². The van der Waals surface area contributed by atoms with Crippen LogP contribution in [0.2, 0.25) is 5.02 Å². The van der Waals surface area contributed by atoms with Gasteiger partial charge in [-0.25, -0.2) is 4.98 Å². The van der Waals surface area contributed by atoms with Crippen molar-refractivity contribution in [3.63, 3.8) is 0 Å². The molecule has 5 heteroatoms. The molecule has 1 fully saturated rings. The Kier molecular flexibility index (Phi) is 4.07. The van der Waals surface area contributed by atoms with E-state index in [4.69, 9.17) is 22.1 Å². The van der Waals surface area contributed by atoms with Crippen LogP contribution in [0.25, 0.3) is 0 Å². The number of nitrogens with zero attached hydrogens (tertiary/aromatic N) is 2. The molecule has 17 heavy (non-hydrogen) atoms. The van der Waals surface area contributed by atoms with Crippen molar-refractivity contribution < 1.29 is 4.74 Å². The minimum absolute atomic E-state index is 0.283. The van der Waals surface area contributed by atoms with Gasteiger partial charge in [0.15, 0.2) is 5.82 Å². The molecule has 94 valence electrons. The monoisotopic (exact) mass is 255 g/mol. The van der Waals surface area contributed by atoms with Gasteiger partial charge in [0.1, 0.15) is 0 Å². The third-order valence-electron chi connectivity index (χ3n) is 2.94. The van der Waals surface area contributed by atoms with E-state index in [1.54, 1.807) is 12.3 Å². The number of aromatic nitrogens is 1. The highest BCUT2D eigenvalue weighted by molar-refractivity contribution is 6.30. The molecule has 1 aromatic heterocycles. The van der Waals surface area contributed by atoms with E-state index in [2.05, 4.69) is 9.88 Å². The van der Waals surface area contributed by atoms with Gasteiger partial charge >= 0.3 is 0 Å². The van der Waals surface area contributed by atoms with Crippen LogP contribution < -0.4 is 10.6 Å². The summed E-state index contributed by atoms with van der Waals surface area (Å²) >= 11 is 5.85. The lowest BCUT2D eigenvalue weighted by Gasteiger charge is -2.33. The van der Waals surface area contributed by atoms with Crippen LogP contribution in [-0.2, 0) is 4.74 Å². The highest BCUT2D eigenvalue weighted by Gasteiger charge is 2.22. The molecule has 2 N–H and O–H groups in total. The van der Waals surface area contributed by atoms with E-state index in [1.165, 1.54) is 0 Å². The van der Waals surface area contributed by atoms with Crippen LogP contribution in [0.5, 0.6) is 0 Å². The normalized spacial score (nSPS) is 20.6. The number of anilines is 2. The number of halogens is 1. The minimum atomic E-state index is 0.283. The lowest BCUT2D eigenvalue weighted by Crippen LogP contribution is -2.40. The van der Waals surface area contributed by atoms with Gasteiger partial charge in [0, 0.05) is 25.9 Å². The second kappa shape index (κ2) is 5.56. The first-order valence-corrected chi connectivity index (χ1v) is 6.36. The van der Waals surface area contributed by atoms with Gasteiger partial charge in [0.2, 0.25) is 0 Å².